The molecule has 132 valence electrons. The fraction of sp³-hybridized carbons (Fsp3) is 0.211. The molecule has 0 aromatic heterocycles. The second-order valence-electron chi connectivity index (χ2n) is 5.73. The van der Waals surface area contributed by atoms with Gasteiger partial charge in [0.1, 0.15) is 11.5 Å². The summed E-state index contributed by atoms with van der Waals surface area (Å²) in [6.45, 7) is -0.189. The summed E-state index contributed by atoms with van der Waals surface area (Å²) in [6.07, 6.45) is 1.08. The second kappa shape index (κ2) is 7.57. The predicted molar refractivity (Wildman–Crippen MR) is 95.2 cm³/mol. The number of fused-ring (bicyclic) bond motifs is 1. The first-order valence-corrected chi connectivity index (χ1v) is 8.02. The summed E-state index contributed by atoms with van der Waals surface area (Å²) in [5, 5.41) is 14.4. The molecule has 1 aliphatic heterocycles. The third-order valence-corrected chi connectivity index (χ3v) is 3.94. The van der Waals surface area contributed by atoms with Crippen LogP contribution >= 0.6 is 0 Å². The minimum absolute atomic E-state index is 0.000840. The Kier molecular flexibility index (Phi) is 5.04. The molecule has 7 nitrogen and oxygen atoms in total. The maximum Gasteiger partial charge on any atom is 0.262 e. The highest BCUT2D eigenvalue weighted by Crippen LogP contribution is 2.27. The van der Waals surface area contributed by atoms with E-state index >= 15 is 0 Å². The summed E-state index contributed by atoms with van der Waals surface area (Å²) in [6, 6.07) is 12.1. The van der Waals surface area contributed by atoms with E-state index in [9.17, 15) is 9.59 Å². The predicted octanol–water partition coefficient (Wildman–Crippen LogP) is 2.47. The Morgan fingerprint density at radius 2 is 2.12 bits per heavy atom. The minimum atomic E-state index is -0.371. The number of amides is 2. The Hall–Kier alpha value is -3.53. The lowest BCUT2D eigenvalue weighted by molar-refractivity contribution is -0.118. The number of carbonyl (C=O) groups excluding carboxylic acids is 2. The molecular weight excluding hydrogens is 334 g/mol. The van der Waals surface area contributed by atoms with Crippen LogP contribution in [-0.2, 0) is 16.0 Å². The third kappa shape index (κ3) is 3.92. The Balaban J connectivity index is 1.63. The molecule has 0 bridgehead atoms. The molecule has 0 unspecified atom stereocenters. The highest BCUT2D eigenvalue weighted by molar-refractivity contribution is 5.94. The molecular formula is C19H17N3O4. The number of methoxy groups -OCH3 is 1. The number of rotatable bonds is 5. The van der Waals surface area contributed by atoms with Gasteiger partial charge in [0.2, 0.25) is 5.91 Å². The molecule has 2 aromatic carbocycles. The lowest BCUT2D eigenvalue weighted by atomic mass is 10.0. The lowest BCUT2D eigenvalue weighted by Gasteiger charge is -2.17. The van der Waals surface area contributed by atoms with Crippen LogP contribution in [0.3, 0.4) is 0 Å². The van der Waals surface area contributed by atoms with Gasteiger partial charge in [0.05, 0.1) is 24.4 Å². The molecule has 0 saturated heterocycles. The number of hydrogen-bond donors (Lipinski definition) is 2. The van der Waals surface area contributed by atoms with Gasteiger partial charge in [0, 0.05) is 12.1 Å². The smallest absolute Gasteiger partial charge is 0.262 e. The normalized spacial score (nSPS) is 12.4. The van der Waals surface area contributed by atoms with E-state index in [2.05, 4.69) is 10.6 Å². The van der Waals surface area contributed by atoms with Crippen LogP contribution in [0.4, 0.5) is 11.4 Å². The van der Waals surface area contributed by atoms with Gasteiger partial charge in [-0.05, 0) is 48.4 Å². The van der Waals surface area contributed by atoms with Crippen molar-refractivity contribution in [1.29, 1.82) is 5.26 Å². The summed E-state index contributed by atoms with van der Waals surface area (Å²) in [5.41, 5.74) is 2.58. The van der Waals surface area contributed by atoms with Crippen molar-refractivity contribution in [2.24, 2.45) is 0 Å². The van der Waals surface area contributed by atoms with Gasteiger partial charge in [-0.1, -0.05) is 0 Å². The number of nitrogens with one attached hydrogen (secondary N) is 2. The molecule has 3 rings (SSSR count). The Bertz CT molecular complexity index is 902. The number of benzene rings is 2. The van der Waals surface area contributed by atoms with Crippen molar-refractivity contribution in [2.75, 3.05) is 24.4 Å². The summed E-state index contributed by atoms with van der Waals surface area (Å²) in [7, 11) is 1.49. The van der Waals surface area contributed by atoms with Gasteiger partial charge in [0.15, 0.2) is 6.61 Å². The van der Waals surface area contributed by atoms with E-state index in [0.717, 1.165) is 11.3 Å². The van der Waals surface area contributed by atoms with Crippen LogP contribution in [-0.4, -0.2) is 25.5 Å². The molecule has 2 aromatic rings. The van der Waals surface area contributed by atoms with Crippen LogP contribution in [0.25, 0.3) is 0 Å². The number of aryl methyl sites for hydroxylation is 1. The number of ether oxygens (including phenoxy) is 2. The Morgan fingerprint density at radius 3 is 2.88 bits per heavy atom. The third-order valence-electron chi connectivity index (χ3n) is 3.94. The Morgan fingerprint density at radius 1 is 1.27 bits per heavy atom. The van der Waals surface area contributed by atoms with E-state index in [0.29, 0.717) is 35.6 Å². The fourth-order valence-corrected chi connectivity index (χ4v) is 2.66. The molecule has 2 amide bonds. The molecule has 7 heteroatoms. The van der Waals surface area contributed by atoms with E-state index in [1.54, 1.807) is 24.3 Å². The van der Waals surface area contributed by atoms with Crippen LogP contribution in [0.1, 0.15) is 17.5 Å². The zero-order valence-corrected chi connectivity index (χ0v) is 14.2. The standard InChI is InChI=1S/C19H17N3O4/c1-25-17-6-2-12(10-20)8-16(17)22-19(24)11-26-14-4-5-15-13(9-14)3-7-18(23)21-15/h2,4-6,8-9H,3,7,11H2,1H3,(H,21,23)(H,22,24). The van der Waals surface area contributed by atoms with Gasteiger partial charge < -0.3 is 20.1 Å². The number of carbonyl (C=O) groups is 2. The van der Waals surface area contributed by atoms with Gasteiger partial charge in [-0.3, -0.25) is 9.59 Å². The van der Waals surface area contributed by atoms with Crippen molar-refractivity contribution in [2.45, 2.75) is 12.8 Å². The summed E-state index contributed by atoms with van der Waals surface area (Å²) in [4.78, 5) is 23.5. The zero-order valence-electron chi connectivity index (χ0n) is 14.2. The van der Waals surface area contributed by atoms with E-state index in [4.69, 9.17) is 14.7 Å². The SMILES string of the molecule is COc1ccc(C#N)cc1NC(=O)COc1ccc2c(c1)CCC(=O)N2. The quantitative estimate of drug-likeness (QED) is 0.862. The fourth-order valence-electron chi connectivity index (χ4n) is 2.66. The summed E-state index contributed by atoms with van der Waals surface area (Å²) in [5.74, 6) is 0.637. The van der Waals surface area contributed by atoms with Gasteiger partial charge >= 0.3 is 0 Å². The van der Waals surface area contributed by atoms with Crippen molar-refractivity contribution in [3.8, 4) is 17.6 Å². The van der Waals surface area contributed by atoms with Crippen LogP contribution in [0, 0.1) is 11.3 Å². The monoisotopic (exact) mass is 351 g/mol. The highest BCUT2D eigenvalue weighted by Gasteiger charge is 2.15. The van der Waals surface area contributed by atoms with Crippen molar-refractivity contribution >= 4 is 23.2 Å². The highest BCUT2D eigenvalue weighted by atomic mass is 16.5. The maximum absolute atomic E-state index is 12.2. The van der Waals surface area contributed by atoms with E-state index in [1.807, 2.05) is 12.1 Å². The molecule has 0 radical (unpaired) electrons. The van der Waals surface area contributed by atoms with E-state index < -0.39 is 0 Å². The van der Waals surface area contributed by atoms with Crippen molar-refractivity contribution in [3.63, 3.8) is 0 Å². The number of hydrogen-bond acceptors (Lipinski definition) is 5. The van der Waals surface area contributed by atoms with Crippen molar-refractivity contribution in [1.82, 2.24) is 0 Å². The first-order valence-electron chi connectivity index (χ1n) is 8.02. The summed E-state index contributed by atoms with van der Waals surface area (Å²) >= 11 is 0. The molecule has 0 atom stereocenters. The maximum atomic E-state index is 12.2. The van der Waals surface area contributed by atoms with E-state index in [-0.39, 0.29) is 18.4 Å². The van der Waals surface area contributed by atoms with Crippen LogP contribution in [0.2, 0.25) is 0 Å². The molecule has 0 aliphatic carbocycles. The van der Waals surface area contributed by atoms with Crippen molar-refractivity contribution in [3.05, 3.63) is 47.5 Å². The molecule has 1 heterocycles. The molecule has 0 fully saturated rings. The molecule has 0 saturated carbocycles. The van der Waals surface area contributed by atoms with Crippen LogP contribution in [0.15, 0.2) is 36.4 Å². The first kappa shape index (κ1) is 17.3. The first-order chi connectivity index (χ1) is 12.6. The van der Waals surface area contributed by atoms with Crippen LogP contribution in [0.5, 0.6) is 11.5 Å². The molecule has 0 spiro atoms. The largest absolute Gasteiger partial charge is 0.495 e. The van der Waals surface area contributed by atoms with Crippen molar-refractivity contribution < 1.29 is 19.1 Å². The lowest BCUT2D eigenvalue weighted by Crippen LogP contribution is -2.21. The Labute approximate surface area is 150 Å². The number of anilines is 2. The number of nitrogens with zero attached hydrogens (tertiary/aromatic N) is 1. The average molecular weight is 351 g/mol. The molecule has 26 heavy (non-hydrogen) atoms. The minimum Gasteiger partial charge on any atom is -0.495 e. The number of nitriles is 1. The topological polar surface area (TPSA) is 100 Å². The van der Waals surface area contributed by atoms with Gasteiger partial charge in [-0.25, -0.2) is 0 Å². The molecule has 1 aliphatic rings. The average Bonchev–Trinajstić information content (AvgIpc) is 2.66. The van der Waals surface area contributed by atoms with Crippen LogP contribution < -0.4 is 20.1 Å². The summed E-state index contributed by atoms with van der Waals surface area (Å²) < 4.78 is 10.7. The molecule has 2 N–H and O–H groups in total. The zero-order chi connectivity index (χ0) is 18.5. The van der Waals surface area contributed by atoms with E-state index in [1.165, 1.54) is 13.2 Å². The van der Waals surface area contributed by atoms with Gasteiger partial charge in [-0.2, -0.15) is 5.26 Å². The van der Waals surface area contributed by atoms with Gasteiger partial charge in [-0.15, -0.1) is 0 Å². The second-order valence-corrected chi connectivity index (χ2v) is 5.73. The van der Waals surface area contributed by atoms with Gasteiger partial charge in [0.25, 0.3) is 5.91 Å².